The SMILES string of the molecule is COC(=O)c1cc(S)cc(SC(F)(F)F)c1C#N. The summed E-state index contributed by atoms with van der Waals surface area (Å²) in [5.41, 5.74) is -5.16. The molecule has 0 atom stereocenters. The van der Waals surface area contributed by atoms with Crippen LogP contribution in [0.2, 0.25) is 0 Å². The van der Waals surface area contributed by atoms with E-state index >= 15 is 0 Å². The highest BCUT2D eigenvalue weighted by Gasteiger charge is 2.32. The van der Waals surface area contributed by atoms with Crippen LogP contribution in [0.5, 0.6) is 0 Å². The normalized spacial score (nSPS) is 10.9. The fourth-order valence-electron chi connectivity index (χ4n) is 1.19. The van der Waals surface area contributed by atoms with E-state index in [1.165, 1.54) is 6.07 Å². The minimum Gasteiger partial charge on any atom is -0.465 e. The number of carbonyl (C=O) groups excluding carboxylic acids is 1. The summed E-state index contributed by atoms with van der Waals surface area (Å²) in [4.78, 5) is 11.1. The number of rotatable bonds is 2. The van der Waals surface area contributed by atoms with E-state index in [1.54, 1.807) is 6.07 Å². The van der Waals surface area contributed by atoms with Gasteiger partial charge in [-0.15, -0.1) is 12.6 Å². The van der Waals surface area contributed by atoms with E-state index in [1.807, 2.05) is 0 Å². The van der Waals surface area contributed by atoms with E-state index in [0.717, 1.165) is 13.2 Å². The van der Waals surface area contributed by atoms with E-state index in [9.17, 15) is 18.0 Å². The van der Waals surface area contributed by atoms with Crippen LogP contribution in [0.15, 0.2) is 21.9 Å². The molecule has 0 saturated carbocycles. The Bertz CT molecular complexity index is 523. The van der Waals surface area contributed by atoms with E-state index in [0.29, 0.717) is 0 Å². The number of hydrogen-bond acceptors (Lipinski definition) is 5. The monoisotopic (exact) mass is 293 g/mol. The van der Waals surface area contributed by atoms with Crippen molar-refractivity contribution in [2.75, 3.05) is 7.11 Å². The standard InChI is InChI=1S/C10H6F3NO2S2/c1-16-9(15)6-2-5(17)3-8(7(6)4-14)18-10(11,12)13/h2-3,17H,1H3. The lowest BCUT2D eigenvalue weighted by Gasteiger charge is -2.10. The molecule has 96 valence electrons. The van der Waals surface area contributed by atoms with Gasteiger partial charge in [0.2, 0.25) is 0 Å². The zero-order valence-corrected chi connectivity index (χ0v) is 10.6. The number of benzene rings is 1. The number of methoxy groups -OCH3 is 1. The van der Waals surface area contributed by atoms with Gasteiger partial charge in [0, 0.05) is 9.79 Å². The predicted molar refractivity (Wildman–Crippen MR) is 61.7 cm³/mol. The molecular weight excluding hydrogens is 287 g/mol. The van der Waals surface area contributed by atoms with Crippen molar-refractivity contribution in [3.05, 3.63) is 23.3 Å². The van der Waals surface area contributed by atoms with Gasteiger partial charge in [0.1, 0.15) is 6.07 Å². The predicted octanol–water partition coefficient (Wildman–Crippen LogP) is 3.25. The summed E-state index contributed by atoms with van der Waals surface area (Å²) in [5.74, 6) is -0.883. The third-order valence-electron chi connectivity index (χ3n) is 1.83. The van der Waals surface area contributed by atoms with Gasteiger partial charge >= 0.3 is 11.5 Å². The van der Waals surface area contributed by atoms with Gasteiger partial charge in [0.05, 0.1) is 18.2 Å². The second-order valence-electron chi connectivity index (χ2n) is 3.02. The molecule has 0 heterocycles. The molecule has 0 aromatic heterocycles. The van der Waals surface area contributed by atoms with Gasteiger partial charge in [0.15, 0.2) is 0 Å². The fraction of sp³-hybridized carbons (Fsp3) is 0.200. The Morgan fingerprint density at radius 2 is 2.11 bits per heavy atom. The summed E-state index contributed by atoms with van der Waals surface area (Å²) >= 11 is 3.42. The molecule has 18 heavy (non-hydrogen) atoms. The first kappa shape index (κ1) is 14.7. The Morgan fingerprint density at radius 3 is 2.56 bits per heavy atom. The zero-order chi connectivity index (χ0) is 13.9. The number of thiol groups is 1. The van der Waals surface area contributed by atoms with Crippen LogP contribution >= 0.6 is 24.4 Å². The van der Waals surface area contributed by atoms with Gasteiger partial charge < -0.3 is 4.74 Å². The molecule has 3 nitrogen and oxygen atoms in total. The summed E-state index contributed by atoms with van der Waals surface area (Å²) in [6.45, 7) is 0. The smallest absolute Gasteiger partial charge is 0.446 e. The lowest BCUT2D eigenvalue weighted by molar-refractivity contribution is -0.0328. The van der Waals surface area contributed by atoms with Gasteiger partial charge in [-0.2, -0.15) is 18.4 Å². The first-order chi connectivity index (χ1) is 8.28. The van der Waals surface area contributed by atoms with E-state index < -0.39 is 23.2 Å². The Labute approximate surface area is 110 Å². The molecule has 0 bridgehead atoms. The minimum absolute atomic E-state index is 0.140. The Morgan fingerprint density at radius 1 is 1.50 bits per heavy atom. The van der Waals surface area contributed by atoms with Crippen molar-refractivity contribution < 1.29 is 22.7 Å². The first-order valence-electron chi connectivity index (χ1n) is 4.39. The van der Waals surface area contributed by atoms with E-state index in [2.05, 4.69) is 17.4 Å². The number of esters is 1. The second kappa shape index (κ2) is 5.54. The molecule has 0 spiro atoms. The highest BCUT2D eigenvalue weighted by Crippen LogP contribution is 2.40. The van der Waals surface area contributed by atoms with Crippen LogP contribution in [-0.2, 0) is 4.74 Å². The lowest BCUT2D eigenvalue weighted by atomic mass is 10.1. The maximum atomic E-state index is 12.3. The maximum absolute atomic E-state index is 12.3. The summed E-state index contributed by atoms with van der Waals surface area (Å²) in [6, 6.07) is 3.84. The number of nitrogens with zero attached hydrogens (tertiary/aromatic N) is 1. The second-order valence-corrected chi connectivity index (χ2v) is 4.64. The lowest BCUT2D eigenvalue weighted by Crippen LogP contribution is -2.07. The van der Waals surface area contributed by atoms with Crippen molar-refractivity contribution >= 4 is 30.4 Å². The molecule has 8 heteroatoms. The van der Waals surface area contributed by atoms with Crippen LogP contribution < -0.4 is 0 Å². The quantitative estimate of drug-likeness (QED) is 0.516. The van der Waals surface area contributed by atoms with Crippen molar-refractivity contribution in [1.82, 2.24) is 0 Å². The van der Waals surface area contributed by atoms with Crippen molar-refractivity contribution in [1.29, 1.82) is 5.26 Å². The highest BCUT2D eigenvalue weighted by atomic mass is 32.2. The number of nitriles is 1. The highest BCUT2D eigenvalue weighted by molar-refractivity contribution is 8.00. The summed E-state index contributed by atoms with van der Waals surface area (Å²) in [6.07, 6.45) is 0. The molecule has 0 aliphatic rings. The summed E-state index contributed by atoms with van der Waals surface area (Å²) in [5, 5.41) is 8.87. The maximum Gasteiger partial charge on any atom is 0.446 e. The van der Waals surface area contributed by atoms with Crippen molar-refractivity contribution in [2.45, 2.75) is 15.3 Å². The summed E-state index contributed by atoms with van der Waals surface area (Å²) < 4.78 is 41.4. The zero-order valence-electron chi connectivity index (χ0n) is 8.91. The van der Waals surface area contributed by atoms with Gasteiger partial charge in [-0.25, -0.2) is 4.79 Å². The van der Waals surface area contributed by atoms with Crippen LogP contribution in [0.3, 0.4) is 0 Å². The average Bonchev–Trinajstić information content (AvgIpc) is 2.25. The van der Waals surface area contributed by atoms with Crippen LogP contribution in [-0.4, -0.2) is 18.6 Å². The van der Waals surface area contributed by atoms with Gasteiger partial charge in [-0.05, 0) is 23.9 Å². The molecule has 1 rings (SSSR count). The topological polar surface area (TPSA) is 50.1 Å². The molecule has 1 aromatic carbocycles. The summed E-state index contributed by atoms with van der Waals surface area (Å²) in [7, 11) is 1.07. The van der Waals surface area contributed by atoms with E-state index in [4.69, 9.17) is 5.26 Å². The number of halogens is 3. The molecule has 0 unspecified atom stereocenters. The Hall–Kier alpha value is -1.33. The van der Waals surface area contributed by atoms with Crippen LogP contribution in [0.1, 0.15) is 15.9 Å². The molecule has 0 amide bonds. The van der Waals surface area contributed by atoms with Crippen LogP contribution in [0.4, 0.5) is 13.2 Å². The largest absolute Gasteiger partial charge is 0.465 e. The van der Waals surface area contributed by atoms with E-state index in [-0.39, 0.29) is 20.9 Å². The Kier molecular flexibility index (Phi) is 4.53. The minimum atomic E-state index is -4.55. The molecule has 1 aromatic rings. The van der Waals surface area contributed by atoms with Crippen molar-refractivity contribution in [3.63, 3.8) is 0 Å². The van der Waals surface area contributed by atoms with Gasteiger partial charge in [-0.1, -0.05) is 0 Å². The molecule has 0 aliphatic heterocycles. The molecule has 0 radical (unpaired) electrons. The number of carbonyl (C=O) groups is 1. The molecule has 0 aliphatic carbocycles. The van der Waals surface area contributed by atoms with Gasteiger partial charge in [0.25, 0.3) is 0 Å². The van der Waals surface area contributed by atoms with Crippen molar-refractivity contribution in [2.24, 2.45) is 0 Å². The fourth-order valence-corrected chi connectivity index (χ4v) is 2.23. The third kappa shape index (κ3) is 3.58. The van der Waals surface area contributed by atoms with Crippen molar-refractivity contribution in [3.8, 4) is 6.07 Å². The Balaban J connectivity index is 3.39. The average molecular weight is 293 g/mol. The molecule has 0 saturated heterocycles. The van der Waals surface area contributed by atoms with Crippen LogP contribution in [0, 0.1) is 11.3 Å². The molecule has 0 fully saturated rings. The van der Waals surface area contributed by atoms with Gasteiger partial charge in [-0.3, -0.25) is 0 Å². The molecular formula is C10H6F3NO2S2. The number of hydrogen-bond donors (Lipinski definition) is 1. The molecule has 0 N–H and O–H groups in total. The number of alkyl halides is 3. The number of thioether (sulfide) groups is 1. The van der Waals surface area contributed by atoms with Crippen LogP contribution in [0.25, 0.3) is 0 Å². The number of ether oxygens (including phenoxy) is 1. The first-order valence-corrected chi connectivity index (χ1v) is 5.66. The third-order valence-corrected chi connectivity index (χ3v) is 2.86.